The second kappa shape index (κ2) is 4.30. The van der Waals surface area contributed by atoms with Crippen LogP contribution in [-0.4, -0.2) is 14.9 Å². The Labute approximate surface area is 99.5 Å². The maximum absolute atomic E-state index is 13.7. The van der Waals surface area contributed by atoms with E-state index in [1.54, 1.807) is 29.9 Å². The molecule has 1 atom stereocenters. The molecule has 0 spiro atoms. The summed E-state index contributed by atoms with van der Waals surface area (Å²) in [6, 6.07) is 6.46. The van der Waals surface area contributed by atoms with Gasteiger partial charge in [-0.3, -0.25) is 4.68 Å². The van der Waals surface area contributed by atoms with Crippen molar-refractivity contribution < 1.29 is 9.50 Å². The van der Waals surface area contributed by atoms with Crippen molar-refractivity contribution >= 4 is 0 Å². The topological polar surface area (TPSA) is 38.1 Å². The molecular formula is C13H15FN2O. The summed E-state index contributed by atoms with van der Waals surface area (Å²) in [6.07, 6.45) is -0.985. The number of rotatable bonds is 2. The number of nitrogens with zero attached hydrogens (tertiary/aromatic N) is 2. The predicted octanol–water partition coefficient (Wildman–Crippen LogP) is 2.26. The molecule has 1 aromatic heterocycles. The van der Waals surface area contributed by atoms with Crippen molar-refractivity contribution in [3.63, 3.8) is 0 Å². The van der Waals surface area contributed by atoms with Crippen LogP contribution in [0.15, 0.2) is 24.3 Å². The highest BCUT2D eigenvalue weighted by molar-refractivity contribution is 5.31. The maximum Gasteiger partial charge on any atom is 0.129 e. The molecule has 1 aromatic carbocycles. The first-order chi connectivity index (χ1) is 7.99. The van der Waals surface area contributed by atoms with Gasteiger partial charge in [-0.2, -0.15) is 5.10 Å². The standard InChI is InChI=1S/C13H15FN2O/c1-8-4-5-11(14)10(6-8)13(17)12-7-9(2)15-16(12)3/h4-7,13,17H,1-3H3. The van der Waals surface area contributed by atoms with Gasteiger partial charge in [0.2, 0.25) is 0 Å². The summed E-state index contributed by atoms with van der Waals surface area (Å²) in [4.78, 5) is 0. The first-order valence-corrected chi connectivity index (χ1v) is 5.43. The molecule has 0 amide bonds. The first-order valence-electron chi connectivity index (χ1n) is 5.43. The van der Waals surface area contributed by atoms with E-state index >= 15 is 0 Å². The summed E-state index contributed by atoms with van der Waals surface area (Å²) in [6.45, 7) is 3.70. The Morgan fingerprint density at radius 3 is 2.59 bits per heavy atom. The summed E-state index contributed by atoms with van der Waals surface area (Å²) in [5.41, 5.74) is 2.59. The highest BCUT2D eigenvalue weighted by Crippen LogP contribution is 2.25. The zero-order valence-electron chi connectivity index (χ0n) is 10.1. The molecule has 90 valence electrons. The van der Waals surface area contributed by atoms with Gasteiger partial charge in [-0.15, -0.1) is 0 Å². The number of halogens is 1. The van der Waals surface area contributed by atoms with Crippen LogP contribution < -0.4 is 0 Å². The minimum atomic E-state index is -0.985. The van der Waals surface area contributed by atoms with Crippen molar-refractivity contribution in [2.75, 3.05) is 0 Å². The van der Waals surface area contributed by atoms with Crippen molar-refractivity contribution in [1.82, 2.24) is 9.78 Å². The number of aliphatic hydroxyl groups is 1. The molecule has 2 rings (SSSR count). The molecule has 3 nitrogen and oxygen atoms in total. The van der Waals surface area contributed by atoms with E-state index in [1.807, 2.05) is 13.8 Å². The third kappa shape index (κ3) is 2.22. The third-order valence-corrected chi connectivity index (χ3v) is 2.76. The molecule has 1 heterocycles. The molecule has 0 saturated carbocycles. The van der Waals surface area contributed by atoms with Gasteiger partial charge in [0.25, 0.3) is 0 Å². The van der Waals surface area contributed by atoms with Crippen LogP contribution in [0.25, 0.3) is 0 Å². The Balaban J connectivity index is 2.46. The van der Waals surface area contributed by atoms with Gasteiger partial charge in [0, 0.05) is 12.6 Å². The second-order valence-electron chi connectivity index (χ2n) is 4.26. The number of benzene rings is 1. The van der Waals surface area contributed by atoms with Gasteiger partial charge >= 0.3 is 0 Å². The van der Waals surface area contributed by atoms with Gasteiger partial charge in [0.15, 0.2) is 0 Å². The fraction of sp³-hybridized carbons (Fsp3) is 0.308. The van der Waals surface area contributed by atoms with E-state index in [-0.39, 0.29) is 5.56 Å². The quantitative estimate of drug-likeness (QED) is 0.865. The predicted molar refractivity (Wildman–Crippen MR) is 63.1 cm³/mol. The van der Waals surface area contributed by atoms with Crippen LogP contribution in [0.3, 0.4) is 0 Å². The zero-order valence-corrected chi connectivity index (χ0v) is 10.1. The number of aromatic nitrogens is 2. The van der Waals surface area contributed by atoms with Crippen molar-refractivity contribution in [1.29, 1.82) is 0 Å². The number of aliphatic hydroxyl groups excluding tert-OH is 1. The molecule has 2 aromatic rings. The molecule has 0 bridgehead atoms. The first kappa shape index (κ1) is 11.8. The summed E-state index contributed by atoms with van der Waals surface area (Å²) in [5, 5.41) is 14.3. The van der Waals surface area contributed by atoms with E-state index < -0.39 is 11.9 Å². The van der Waals surface area contributed by atoms with Crippen LogP contribution in [0.2, 0.25) is 0 Å². The zero-order chi connectivity index (χ0) is 12.6. The molecule has 17 heavy (non-hydrogen) atoms. The van der Waals surface area contributed by atoms with Crippen molar-refractivity contribution in [3.8, 4) is 0 Å². The van der Waals surface area contributed by atoms with Gasteiger partial charge in [0.1, 0.15) is 11.9 Å². The lowest BCUT2D eigenvalue weighted by Gasteiger charge is -2.12. The Kier molecular flexibility index (Phi) is 2.98. The molecule has 0 saturated heterocycles. The molecule has 0 aliphatic heterocycles. The maximum atomic E-state index is 13.7. The largest absolute Gasteiger partial charge is 0.382 e. The van der Waals surface area contributed by atoms with Crippen molar-refractivity contribution in [2.24, 2.45) is 7.05 Å². The lowest BCUT2D eigenvalue weighted by molar-refractivity contribution is 0.204. The van der Waals surface area contributed by atoms with Crippen molar-refractivity contribution in [3.05, 3.63) is 52.6 Å². The van der Waals surface area contributed by atoms with Crippen LogP contribution in [0.5, 0.6) is 0 Å². The average Bonchev–Trinajstić information content (AvgIpc) is 2.60. The summed E-state index contributed by atoms with van der Waals surface area (Å²) in [5.74, 6) is -0.401. The van der Waals surface area contributed by atoms with Crippen molar-refractivity contribution in [2.45, 2.75) is 20.0 Å². The van der Waals surface area contributed by atoms with Crippen LogP contribution in [0.4, 0.5) is 4.39 Å². The molecule has 0 aliphatic carbocycles. The number of hydrogen-bond donors (Lipinski definition) is 1. The monoisotopic (exact) mass is 234 g/mol. The van der Waals surface area contributed by atoms with E-state index in [2.05, 4.69) is 5.10 Å². The normalized spacial score (nSPS) is 12.8. The number of hydrogen-bond acceptors (Lipinski definition) is 2. The Morgan fingerprint density at radius 1 is 1.29 bits per heavy atom. The third-order valence-electron chi connectivity index (χ3n) is 2.76. The lowest BCUT2D eigenvalue weighted by Crippen LogP contribution is -2.08. The molecule has 0 radical (unpaired) electrons. The van der Waals surface area contributed by atoms with E-state index in [0.29, 0.717) is 5.69 Å². The van der Waals surface area contributed by atoms with Crippen LogP contribution in [0, 0.1) is 19.7 Å². The number of aryl methyl sites for hydroxylation is 3. The summed E-state index contributed by atoms with van der Waals surface area (Å²) < 4.78 is 15.2. The van der Waals surface area contributed by atoms with Crippen LogP contribution in [-0.2, 0) is 7.05 Å². The van der Waals surface area contributed by atoms with Gasteiger partial charge in [-0.05, 0) is 26.0 Å². The van der Waals surface area contributed by atoms with Crippen LogP contribution >= 0.6 is 0 Å². The fourth-order valence-electron chi connectivity index (χ4n) is 1.92. The lowest BCUT2D eigenvalue weighted by atomic mass is 10.0. The molecule has 0 aliphatic rings. The summed E-state index contributed by atoms with van der Waals surface area (Å²) in [7, 11) is 1.74. The van der Waals surface area contributed by atoms with E-state index in [4.69, 9.17) is 0 Å². The van der Waals surface area contributed by atoms with Gasteiger partial charge in [0.05, 0.1) is 11.4 Å². The van der Waals surface area contributed by atoms with Gasteiger partial charge in [-0.1, -0.05) is 17.7 Å². The Hall–Kier alpha value is -1.68. The highest BCUT2D eigenvalue weighted by atomic mass is 19.1. The average molecular weight is 234 g/mol. The van der Waals surface area contributed by atoms with E-state index in [9.17, 15) is 9.50 Å². The van der Waals surface area contributed by atoms with E-state index in [0.717, 1.165) is 11.3 Å². The minimum Gasteiger partial charge on any atom is -0.382 e. The molecule has 1 N–H and O–H groups in total. The Bertz CT molecular complexity index is 548. The van der Waals surface area contributed by atoms with Gasteiger partial charge < -0.3 is 5.11 Å². The molecule has 0 fully saturated rings. The van der Waals surface area contributed by atoms with Crippen LogP contribution in [0.1, 0.15) is 28.6 Å². The molecule has 4 heteroatoms. The Morgan fingerprint density at radius 2 is 2.00 bits per heavy atom. The van der Waals surface area contributed by atoms with Gasteiger partial charge in [-0.25, -0.2) is 4.39 Å². The second-order valence-corrected chi connectivity index (χ2v) is 4.26. The van der Waals surface area contributed by atoms with E-state index in [1.165, 1.54) is 6.07 Å². The minimum absolute atomic E-state index is 0.285. The fourth-order valence-corrected chi connectivity index (χ4v) is 1.92. The molecule has 1 unspecified atom stereocenters. The smallest absolute Gasteiger partial charge is 0.129 e. The molecular weight excluding hydrogens is 219 g/mol. The highest BCUT2D eigenvalue weighted by Gasteiger charge is 2.18. The SMILES string of the molecule is Cc1ccc(F)c(C(O)c2cc(C)nn2C)c1. The summed E-state index contributed by atoms with van der Waals surface area (Å²) >= 11 is 0.